The van der Waals surface area contributed by atoms with E-state index in [-0.39, 0.29) is 16.5 Å². The first-order valence-electron chi connectivity index (χ1n) is 10.2. The van der Waals surface area contributed by atoms with E-state index in [1.807, 2.05) is 67.7 Å². The summed E-state index contributed by atoms with van der Waals surface area (Å²) in [5, 5.41) is 3.15. The van der Waals surface area contributed by atoms with E-state index >= 15 is 0 Å². The monoisotopic (exact) mass is 472 g/mol. The van der Waals surface area contributed by atoms with Gasteiger partial charge in [-0.2, -0.15) is 15.0 Å². The molecule has 5 aromatic rings. The van der Waals surface area contributed by atoms with Crippen LogP contribution in [0.3, 0.4) is 0 Å². The van der Waals surface area contributed by atoms with Crippen molar-refractivity contribution in [3.05, 3.63) is 95.5 Å². The third-order valence-corrected chi connectivity index (χ3v) is 5.51. The van der Waals surface area contributed by atoms with Crippen LogP contribution in [0.5, 0.6) is 0 Å². The summed E-state index contributed by atoms with van der Waals surface area (Å²) >= 11 is 11.7. The van der Waals surface area contributed by atoms with Crippen LogP contribution in [0.2, 0.25) is 10.6 Å². The van der Waals surface area contributed by atoms with E-state index in [2.05, 4.69) is 49.1 Å². The van der Waals surface area contributed by atoms with Gasteiger partial charge in [0.25, 0.3) is 0 Å². The zero-order valence-corrected chi connectivity index (χ0v) is 19.1. The molecule has 0 bridgehead atoms. The highest BCUT2D eigenvalue weighted by Gasteiger charge is 2.18. The molecule has 3 aromatic carbocycles. The molecule has 162 valence electrons. The van der Waals surface area contributed by atoms with Crippen molar-refractivity contribution >= 4 is 34.8 Å². The lowest BCUT2D eigenvalue weighted by Gasteiger charge is -2.09. The van der Waals surface area contributed by atoms with Crippen molar-refractivity contribution in [2.24, 2.45) is 7.05 Å². The molecular formula is C25H18Cl2N6. The standard InChI is InChI=1S/C25H18Cl2N6/c1-33-21(17-10-6-3-7-11-17)20(16-8-4-2-5-9-16)29-22(33)18-12-14-19(15-13-18)28-25-31-23(26)30-24(27)32-25/h2-15H,1H3,(H,28,30,31,32). The average Bonchev–Trinajstić information content (AvgIpc) is 3.17. The van der Waals surface area contributed by atoms with E-state index in [9.17, 15) is 0 Å². The topological polar surface area (TPSA) is 68.5 Å². The van der Waals surface area contributed by atoms with Crippen LogP contribution in [0.15, 0.2) is 84.9 Å². The van der Waals surface area contributed by atoms with Gasteiger partial charge in [-0.3, -0.25) is 0 Å². The lowest BCUT2D eigenvalue weighted by Crippen LogP contribution is -1.99. The summed E-state index contributed by atoms with van der Waals surface area (Å²) < 4.78 is 2.13. The number of benzene rings is 3. The number of nitrogens with one attached hydrogen (secondary N) is 1. The van der Waals surface area contributed by atoms with Crippen molar-refractivity contribution in [2.75, 3.05) is 5.32 Å². The van der Waals surface area contributed by atoms with E-state index in [1.54, 1.807) is 0 Å². The minimum atomic E-state index is 0.0315. The number of anilines is 2. The van der Waals surface area contributed by atoms with Crippen LogP contribution in [0, 0.1) is 0 Å². The average molecular weight is 473 g/mol. The number of nitrogens with zero attached hydrogens (tertiary/aromatic N) is 5. The van der Waals surface area contributed by atoms with Crippen LogP contribution >= 0.6 is 23.2 Å². The predicted molar refractivity (Wildman–Crippen MR) is 133 cm³/mol. The quantitative estimate of drug-likeness (QED) is 0.309. The van der Waals surface area contributed by atoms with E-state index in [0.29, 0.717) is 0 Å². The molecule has 0 saturated carbocycles. The molecule has 2 heterocycles. The third kappa shape index (κ3) is 4.44. The molecule has 0 spiro atoms. The lowest BCUT2D eigenvalue weighted by atomic mass is 10.1. The lowest BCUT2D eigenvalue weighted by molar-refractivity contribution is 0.933. The highest BCUT2D eigenvalue weighted by atomic mass is 35.5. The molecule has 0 amide bonds. The van der Waals surface area contributed by atoms with Crippen molar-refractivity contribution in [3.8, 4) is 33.9 Å². The normalized spacial score (nSPS) is 10.9. The fraction of sp³-hybridized carbons (Fsp3) is 0.0400. The van der Waals surface area contributed by atoms with Gasteiger partial charge in [0, 0.05) is 29.4 Å². The smallest absolute Gasteiger partial charge is 0.232 e. The number of hydrogen-bond acceptors (Lipinski definition) is 5. The molecule has 8 heteroatoms. The molecule has 0 aliphatic carbocycles. The van der Waals surface area contributed by atoms with Crippen LogP contribution in [-0.2, 0) is 7.05 Å². The Kier molecular flexibility index (Phi) is 5.77. The van der Waals surface area contributed by atoms with Crippen molar-refractivity contribution < 1.29 is 0 Å². The highest BCUT2D eigenvalue weighted by Crippen LogP contribution is 2.35. The molecule has 0 saturated heterocycles. The summed E-state index contributed by atoms with van der Waals surface area (Å²) in [5.74, 6) is 1.15. The summed E-state index contributed by atoms with van der Waals surface area (Å²) in [6.07, 6.45) is 0. The Hall–Kier alpha value is -3.74. The second-order valence-electron chi connectivity index (χ2n) is 7.32. The first kappa shape index (κ1) is 21.1. The van der Waals surface area contributed by atoms with Gasteiger partial charge in [-0.1, -0.05) is 60.7 Å². The van der Waals surface area contributed by atoms with Crippen molar-refractivity contribution in [2.45, 2.75) is 0 Å². The zero-order valence-electron chi connectivity index (χ0n) is 17.6. The van der Waals surface area contributed by atoms with Gasteiger partial charge in [-0.15, -0.1) is 0 Å². The Balaban J connectivity index is 1.53. The molecule has 6 nitrogen and oxygen atoms in total. The van der Waals surface area contributed by atoms with E-state index < -0.39 is 0 Å². The first-order chi connectivity index (χ1) is 16.1. The molecule has 0 atom stereocenters. The summed E-state index contributed by atoms with van der Waals surface area (Å²) in [6, 6.07) is 28.4. The summed E-state index contributed by atoms with van der Waals surface area (Å²) in [6.45, 7) is 0. The van der Waals surface area contributed by atoms with Gasteiger partial charge in [0.05, 0.1) is 11.4 Å². The van der Waals surface area contributed by atoms with Crippen molar-refractivity contribution in [1.82, 2.24) is 24.5 Å². The van der Waals surface area contributed by atoms with Gasteiger partial charge >= 0.3 is 0 Å². The van der Waals surface area contributed by atoms with Gasteiger partial charge in [0.2, 0.25) is 16.5 Å². The van der Waals surface area contributed by atoms with Crippen molar-refractivity contribution in [3.63, 3.8) is 0 Å². The van der Waals surface area contributed by atoms with E-state index in [1.165, 1.54) is 0 Å². The van der Waals surface area contributed by atoms with Gasteiger partial charge in [0.15, 0.2) is 0 Å². The maximum Gasteiger partial charge on any atom is 0.232 e. The van der Waals surface area contributed by atoms with Crippen molar-refractivity contribution in [1.29, 1.82) is 0 Å². The van der Waals surface area contributed by atoms with Crippen LogP contribution in [0.25, 0.3) is 33.9 Å². The fourth-order valence-electron chi connectivity index (χ4n) is 3.69. The Bertz CT molecular complexity index is 1380. The Morgan fingerprint density at radius 1 is 0.636 bits per heavy atom. The van der Waals surface area contributed by atoms with Crippen LogP contribution in [0.1, 0.15) is 0 Å². The molecule has 0 fully saturated rings. The van der Waals surface area contributed by atoms with Crippen LogP contribution < -0.4 is 5.32 Å². The number of imidazole rings is 1. The Morgan fingerprint density at radius 2 is 1.21 bits per heavy atom. The largest absolute Gasteiger partial charge is 0.327 e. The number of halogens is 2. The van der Waals surface area contributed by atoms with Crippen LogP contribution in [-0.4, -0.2) is 24.5 Å². The molecule has 0 aliphatic rings. The Morgan fingerprint density at radius 3 is 1.82 bits per heavy atom. The SMILES string of the molecule is Cn1c(-c2ccc(Nc3nc(Cl)nc(Cl)n3)cc2)nc(-c2ccccc2)c1-c1ccccc1. The van der Waals surface area contributed by atoms with Crippen LogP contribution in [0.4, 0.5) is 11.6 Å². The fourth-order valence-corrected chi connectivity index (χ4v) is 4.06. The highest BCUT2D eigenvalue weighted by molar-refractivity contribution is 6.31. The molecule has 0 radical (unpaired) electrons. The molecule has 5 rings (SSSR count). The zero-order chi connectivity index (χ0) is 22.8. The summed E-state index contributed by atoms with van der Waals surface area (Å²) in [5.41, 5.74) is 5.95. The molecule has 0 unspecified atom stereocenters. The molecule has 0 aliphatic heterocycles. The van der Waals surface area contributed by atoms with Gasteiger partial charge in [-0.05, 0) is 47.5 Å². The minimum absolute atomic E-state index is 0.0315. The molecular weight excluding hydrogens is 455 g/mol. The van der Waals surface area contributed by atoms with Gasteiger partial charge in [-0.25, -0.2) is 4.98 Å². The van der Waals surface area contributed by atoms with E-state index in [0.717, 1.165) is 39.6 Å². The Labute approximate surface area is 200 Å². The molecule has 1 N–H and O–H groups in total. The number of aromatic nitrogens is 5. The predicted octanol–water partition coefficient (Wildman–Crippen LogP) is 6.66. The second-order valence-corrected chi connectivity index (χ2v) is 8.00. The van der Waals surface area contributed by atoms with Gasteiger partial charge < -0.3 is 9.88 Å². The van der Waals surface area contributed by atoms with E-state index in [4.69, 9.17) is 28.2 Å². The maximum absolute atomic E-state index is 5.86. The summed E-state index contributed by atoms with van der Waals surface area (Å²) in [4.78, 5) is 16.9. The maximum atomic E-state index is 5.86. The summed E-state index contributed by atoms with van der Waals surface area (Å²) in [7, 11) is 2.04. The third-order valence-electron chi connectivity index (χ3n) is 5.17. The first-order valence-corrected chi connectivity index (χ1v) is 11.0. The molecule has 33 heavy (non-hydrogen) atoms. The number of rotatable bonds is 5. The molecule has 2 aromatic heterocycles. The van der Waals surface area contributed by atoms with Gasteiger partial charge in [0.1, 0.15) is 5.82 Å². The second kappa shape index (κ2) is 9.02. The minimum Gasteiger partial charge on any atom is -0.327 e. The number of hydrogen-bond donors (Lipinski definition) is 1.